The van der Waals surface area contributed by atoms with E-state index in [0.717, 1.165) is 18.5 Å². The summed E-state index contributed by atoms with van der Waals surface area (Å²) in [5, 5.41) is 0. The van der Waals surface area contributed by atoms with Gasteiger partial charge in [0.1, 0.15) is 5.82 Å². The van der Waals surface area contributed by atoms with Crippen LogP contribution in [0.3, 0.4) is 0 Å². The van der Waals surface area contributed by atoms with Crippen LogP contribution in [0, 0.1) is 5.82 Å². The van der Waals surface area contributed by atoms with Crippen LogP contribution in [0.25, 0.3) is 11.3 Å². The Kier molecular flexibility index (Phi) is 3.09. The van der Waals surface area contributed by atoms with Crippen LogP contribution in [0.15, 0.2) is 30.5 Å². The van der Waals surface area contributed by atoms with E-state index in [0.29, 0.717) is 5.56 Å². The first kappa shape index (κ1) is 10.9. The maximum atomic E-state index is 13.7. The third-order valence-electron chi connectivity index (χ3n) is 2.96. The summed E-state index contributed by atoms with van der Waals surface area (Å²) in [7, 11) is 0. The molecule has 0 aliphatic rings. The number of halogens is 1. The maximum Gasteiger partial charge on any atom is 0.132 e. The van der Waals surface area contributed by atoms with Crippen molar-refractivity contribution in [2.75, 3.05) is 0 Å². The zero-order valence-electron chi connectivity index (χ0n) is 9.68. The average Bonchev–Trinajstić information content (AvgIpc) is 2.72. The smallest absolute Gasteiger partial charge is 0.132 e. The van der Waals surface area contributed by atoms with E-state index >= 15 is 0 Å². The lowest BCUT2D eigenvalue weighted by atomic mass is 10.0. The van der Waals surface area contributed by atoms with Gasteiger partial charge in [0, 0.05) is 11.8 Å². The molecular formula is C14H16FN. The second-order valence-corrected chi connectivity index (χ2v) is 3.85. The molecule has 0 bridgehead atoms. The number of hydrogen-bond donors (Lipinski definition) is 1. The molecule has 0 saturated heterocycles. The lowest BCUT2D eigenvalue weighted by molar-refractivity contribution is 0.630. The van der Waals surface area contributed by atoms with Crippen LogP contribution in [0.5, 0.6) is 0 Å². The molecule has 84 valence electrons. The Morgan fingerprint density at radius 3 is 2.50 bits per heavy atom. The molecule has 0 radical (unpaired) electrons. The molecule has 1 N–H and O–H groups in total. The van der Waals surface area contributed by atoms with E-state index in [-0.39, 0.29) is 5.82 Å². The second-order valence-electron chi connectivity index (χ2n) is 3.85. The second kappa shape index (κ2) is 4.52. The Morgan fingerprint density at radius 1 is 1.12 bits per heavy atom. The van der Waals surface area contributed by atoms with Gasteiger partial charge in [-0.05, 0) is 36.1 Å². The largest absolute Gasteiger partial charge is 0.361 e. The molecule has 2 rings (SSSR count). The van der Waals surface area contributed by atoms with Gasteiger partial charge in [0.15, 0.2) is 0 Å². The van der Waals surface area contributed by atoms with Crippen molar-refractivity contribution in [1.82, 2.24) is 4.98 Å². The molecule has 0 unspecified atom stereocenters. The summed E-state index contributed by atoms with van der Waals surface area (Å²) in [4.78, 5) is 3.19. The maximum absolute atomic E-state index is 13.7. The molecule has 2 heteroatoms. The van der Waals surface area contributed by atoms with Crippen LogP contribution in [0.1, 0.15) is 25.0 Å². The van der Waals surface area contributed by atoms with Gasteiger partial charge in [0.2, 0.25) is 0 Å². The molecular weight excluding hydrogens is 201 g/mol. The standard InChI is InChI=1S/C14H16FN/c1-3-10-9-16-14(11(10)4-2)12-7-5-6-8-13(12)15/h5-9,16H,3-4H2,1-2H3. The Morgan fingerprint density at radius 2 is 1.88 bits per heavy atom. The first-order valence-electron chi connectivity index (χ1n) is 5.72. The molecule has 0 amide bonds. The van der Waals surface area contributed by atoms with Crippen molar-refractivity contribution >= 4 is 0 Å². The predicted molar refractivity (Wildman–Crippen MR) is 64.9 cm³/mol. The van der Waals surface area contributed by atoms with Crippen LogP contribution in [0.2, 0.25) is 0 Å². The predicted octanol–water partition coefficient (Wildman–Crippen LogP) is 3.95. The molecule has 0 spiro atoms. The molecule has 1 nitrogen and oxygen atoms in total. The number of benzene rings is 1. The summed E-state index contributed by atoms with van der Waals surface area (Å²) >= 11 is 0. The fourth-order valence-electron chi connectivity index (χ4n) is 2.12. The van der Waals surface area contributed by atoms with Gasteiger partial charge in [0.25, 0.3) is 0 Å². The van der Waals surface area contributed by atoms with E-state index < -0.39 is 0 Å². The third kappa shape index (κ3) is 1.75. The van der Waals surface area contributed by atoms with Crippen molar-refractivity contribution in [2.45, 2.75) is 26.7 Å². The first-order valence-corrected chi connectivity index (χ1v) is 5.72. The number of nitrogens with one attached hydrogen (secondary N) is 1. The lowest BCUT2D eigenvalue weighted by Gasteiger charge is -2.05. The first-order chi connectivity index (χ1) is 7.77. The van der Waals surface area contributed by atoms with E-state index in [1.165, 1.54) is 17.2 Å². The number of rotatable bonds is 3. The van der Waals surface area contributed by atoms with Crippen molar-refractivity contribution in [2.24, 2.45) is 0 Å². The summed E-state index contributed by atoms with van der Waals surface area (Å²) in [6.07, 6.45) is 3.89. The van der Waals surface area contributed by atoms with Crippen molar-refractivity contribution in [3.63, 3.8) is 0 Å². The molecule has 0 saturated carbocycles. The van der Waals surface area contributed by atoms with Gasteiger partial charge in [-0.2, -0.15) is 0 Å². The number of aromatic amines is 1. The molecule has 1 heterocycles. The van der Waals surface area contributed by atoms with Gasteiger partial charge >= 0.3 is 0 Å². The van der Waals surface area contributed by atoms with Crippen molar-refractivity contribution < 1.29 is 4.39 Å². The number of H-pyrrole nitrogens is 1. The fraction of sp³-hybridized carbons (Fsp3) is 0.286. The minimum Gasteiger partial charge on any atom is -0.361 e. The topological polar surface area (TPSA) is 15.8 Å². The highest BCUT2D eigenvalue weighted by molar-refractivity contribution is 5.66. The molecule has 1 aromatic carbocycles. The minimum absolute atomic E-state index is 0.165. The van der Waals surface area contributed by atoms with Crippen molar-refractivity contribution in [3.05, 3.63) is 47.4 Å². The Hall–Kier alpha value is -1.57. The van der Waals surface area contributed by atoms with Gasteiger partial charge in [-0.3, -0.25) is 0 Å². The van der Waals surface area contributed by atoms with E-state index in [4.69, 9.17) is 0 Å². The zero-order chi connectivity index (χ0) is 11.5. The summed E-state index contributed by atoms with van der Waals surface area (Å²) < 4.78 is 13.7. The summed E-state index contributed by atoms with van der Waals surface area (Å²) in [5.74, 6) is -0.165. The molecule has 2 aromatic rings. The molecule has 0 fully saturated rings. The van der Waals surface area contributed by atoms with E-state index in [1.54, 1.807) is 6.07 Å². The summed E-state index contributed by atoms with van der Waals surface area (Å²) in [5.41, 5.74) is 4.10. The van der Waals surface area contributed by atoms with Gasteiger partial charge in [0.05, 0.1) is 5.69 Å². The van der Waals surface area contributed by atoms with E-state index in [1.807, 2.05) is 18.3 Å². The number of hydrogen-bond acceptors (Lipinski definition) is 0. The highest BCUT2D eigenvalue weighted by Gasteiger charge is 2.12. The van der Waals surface area contributed by atoms with Gasteiger partial charge in [-0.25, -0.2) is 4.39 Å². The number of aromatic nitrogens is 1. The zero-order valence-corrected chi connectivity index (χ0v) is 9.68. The Labute approximate surface area is 95.3 Å². The van der Waals surface area contributed by atoms with Gasteiger partial charge in [-0.1, -0.05) is 26.0 Å². The van der Waals surface area contributed by atoms with Crippen molar-refractivity contribution in [1.29, 1.82) is 0 Å². The van der Waals surface area contributed by atoms with Crippen LogP contribution < -0.4 is 0 Å². The fourth-order valence-corrected chi connectivity index (χ4v) is 2.12. The molecule has 0 aliphatic carbocycles. The highest BCUT2D eigenvalue weighted by Crippen LogP contribution is 2.28. The highest BCUT2D eigenvalue weighted by atomic mass is 19.1. The lowest BCUT2D eigenvalue weighted by Crippen LogP contribution is -1.90. The van der Waals surface area contributed by atoms with Gasteiger partial charge < -0.3 is 4.98 Å². The van der Waals surface area contributed by atoms with E-state index in [9.17, 15) is 4.39 Å². The summed E-state index contributed by atoms with van der Waals surface area (Å²) in [6.45, 7) is 4.22. The molecule has 16 heavy (non-hydrogen) atoms. The van der Waals surface area contributed by atoms with Crippen LogP contribution in [0.4, 0.5) is 4.39 Å². The molecule has 0 atom stereocenters. The van der Waals surface area contributed by atoms with Gasteiger partial charge in [-0.15, -0.1) is 0 Å². The van der Waals surface area contributed by atoms with E-state index in [2.05, 4.69) is 18.8 Å². The minimum atomic E-state index is -0.165. The quantitative estimate of drug-likeness (QED) is 0.801. The Bertz CT molecular complexity index is 485. The molecule has 1 aromatic heterocycles. The third-order valence-corrected chi connectivity index (χ3v) is 2.96. The SMILES string of the molecule is CCc1c[nH]c(-c2ccccc2F)c1CC. The van der Waals surface area contributed by atoms with Crippen molar-refractivity contribution in [3.8, 4) is 11.3 Å². The summed E-state index contributed by atoms with van der Waals surface area (Å²) in [6, 6.07) is 6.90. The average molecular weight is 217 g/mol. The Balaban J connectivity index is 2.56. The molecule has 0 aliphatic heterocycles. The number of aryl methyl sites for hydroxylation is 1. The van der Waals surface area contributed by atoms with Crippen LogP contribution >= 0.6 is 0 Å². The van der Waals surface area contributed by atoms with Crippen LogP contribution in [-0.2, 0) is 12.8 Å². The van der Waals surface area contributed by atoms with Crippen LogP contribution in [-0.4, -0.2) is 4.98 Å². The normalized spacial score (nSPS) is 10.7. The monoisotopic (exact) mass is 217 g/mol.